The van der Waals surface area contributed by atoms with Crippen molar-refractivity contribution in [2.24, 2.45) is 0 Å². The number of hydrogen-bond acceptors (Lipinski definition) is 10. The minimum Gasteiger partial charge on any atom is -0.493 e. The molecule has 4 rings (SSSR count). The van der Waals surface area contributed by atoms with Gasteiger partial charge in [-0.25, -0.2) is 0 Å². The number of methoxy groups -OCH3 is 6. The van der Waals surface area contributed by atoms with Gasteiger partial charge in [0.2, 0.25) is 11.5 Å². The highest BCUT2D eigenvalue weighted by Gasteiger charge is 2.27. The van der Waals surface area contributed by atoms with E-state index >= 15 is 0 Å². The first-order valence-electron chi connectivity index (χ1n) is 12.4. The van der Waals surface area contributed by atoms with E-state index in [1.807, 2.05) is 0 Å². The molecular weight excluding hydrogens is 508 g/mol. The Hall–Kier alpha value is -4.12. The lowest BCUT2D eigenvalue weighted by atomic mass is 10.1. The Morgan fingerprint density at radius 1 is 0.846 bits per heavy atom. The van der Waals surface area contributed by atoms with Crippen molar-refractivity contribution >= 4 is 5.91 Å². The van der Waals surface area contributed by atoms with Gasteiger partial charge in [-0.3, -0.25) is 4.79 Å². The highest BCUT2D eigenvalue weighted by molar-refractivity contribution is 5.95. The van der Waals surface area contributed by atoms with Crippen molar-refractivity contribution in [1.82, 2.24) is 10.1 Å². The van der Waals surface area contributed by atoms with Crippen molar-refractivity contribution in [3.63, 3.8) is 0 Å². The van der Waals surface area contributed by atoms with E-state index in [1.165, 1.54) is 21.3 Å². The summed E-state index contributed by atoms with van der Waals surface area (Å²) in [6.07, 6.45) is 1.75. The number of hydrogen-bond donors (Lipinski definition) is 0. The zero-order chi connectivity index (χ0) is 27.9. The third-order valence-electron chi connectivity index (χ3n) is 6.51. The summed E-state index contributed by atoms with van der Waals surface area (Å²) in [7, 11) is 9.17. The summed E-state index contributed by atoms with van der Waals surface area (Å²) in [5.41, 5.74) is 1.64. The second-order valence-corrected chi connectivity index (χ2v) is 8.83. The summed E-state index contributed by atoms with van der Waals surface area (Å²) in [6.45, 7) is 1.26. The fourth-order valence-electron chi connectivity index (χ4n) is 4.58. The zero-order valence-corrected chi connectivity index (χ0v) is 23.1. The molecule has 1 aromatic heterocycles. The molecule has 39 heavy (non-hydrogen) atoms. The van der Waals surface area contributed by atoms with E-state index in [1.54, 1.807) is 56.6 Å². The Balaban J connectivity index is 1.65. The Morgan fingerprint density at radius 3 is 1.90 bits per heavy atom. The molecule has 1 amide bonds. The van der Waals surface area contributed by atoms with Gasteiger partial charge in [0.1, 0.15) is 5.69 Å². The van der Waals surface area contributed by atoms with Gasteiger partial charge in [-0.15, -0.1) is 0 Å². The molecule has 0 spiro atoms. The van der Waals surface area contributed by atoms with Crippen molar-refractivity contribution in [2.45, 2.75) is 25.5 Å². The Kier molecular flexibility index (Phi) is 9.03. The Labute approximate surface area is 227 Å². The zero-order valence-electron chi connectivity index (χ0n) is 23.1. The molecule has 0 saturated carbocycles. The van der Waals surface area contributed by atoms with Gasteiger partial charge in [-0.05, 0) is 37.1 Å². The molecule has 1 aliphatic heterocycles. The molecule has 1 fully saturated rings. The van der Waals surface area contributed by atoms with Crippen LogP contribution in [-0.2, 0) is 11.3 Å². The minimum atomic E-state index is -0.234. The van der Waals surface area contributed by atoms with E-state index in [0.717, 1.165) is 12.8 Å². The molecule has 210 valence electrons. The topological polar surface area (TPSA) is 111 Å². The maximum atomic E-state index is 13.8. The van der Waals surface area contributed by atoms with Gasteiger partial charge < -0.3 is 42.6 Å². The average molecular weight is 543 g/mol. The van der Waals surface area contributed by atoms with E-state index in [2.05, 4.69) is 5.16 Å². The fraction of sp³-hybridized carbons (Fsp3) is 0.429. The Bertz CT molecular complexity index is 1230. The normalized spacial score (nSPS) is 14.6. The lowest BCUT2D eigenvalue weighted by molar-refractivity contribution is 0.0501. The number of aromatic nitrogens is 1. The van der Waals surface area contributed by atoms with Gasteiger partial charge >= 0.3 is 0 Å². The quantitative estimate of drug-likeness (QED) is 0.330. The Morgan fingerprint density at radius 2 is 1.41 bits per heavy atom. The monoisotopic (exact) mass is 542 g/mol. The summed E-state index contributed by atoms with van der Waals surface area (Å²) in [6, 6.07) is 8.60. The number of carbonyl (C=O) groups is 1. The largest absolute Gasteiger partial charge is 0.493 e. The van der Waals surface area contributed by atoms with Gasteiger partial charge in [0, 0.05) is 30.3 Å². The van der Waals surface area contributed by atoms with Crippen molar-refractivity contribution in [3.05, 3.63) is 41.6 Å². The second-order valence-electron chi connectivity index (χ2n) is 8.83. The number of rotatable bonds is 12. The van der Waals surface area contributed by atoms with Crippen LogP contribution in [0.25, 0.3) is 11.3 Å². The van der Waals surface area contributed by atoms with Gasteiger partial charge in [0.15, 0.2) is 28.8 Å². The van der Waals surface area contributed by atoms with Gasteiger partial charge in [0.05, 0.1) is 55.3 Å². The number of nitrogens with zero attached hydrogens (tertiary/aromatic N) is 2. The smallest absolute Gasteiger partial charge is 0.254 e. The van der Waals surface area contributed by atoms with Crippen LogP contribution < -0.4 is 28.4 Å². The maximum absolute atomic E-state index is 13.8. The van der Waals surface area contributed by atoms with Crippen LogP contribution in [0.2, 0.25) is 0 Å². The molecule has 0 N–H and O–H groups in total. The fourth-order valence-corrected chi connectivity index (χ4v) is 4.58. The molecule has 2 heterocycles. The highest BCUT2D eigenvalue weighted by atomic mass is 16.5. The summed E-state index contributed by atoms with van der Waals surface area (Å²) in [4.78, 5) is 15.5. The molecule has 1 atom stereocenters. The number of benzene rings is 2. The maximum Gasteiger partial charge on any atom is 0.254 e. The summed E-state index contributed by atoms with van der Waals surface area (Å²) in [5, 5.41) is 4.24. The first-order chi connectivity index (χ1) is 19.0. The van der Waals surface area contributed by atoms with Crippen molar-refractivity contribution in [1.29, 1.82) is 0 Å². The molecule has 1 saturated heterocycles. The molecule has 2 aromatic carbocycles. The van der Waals surface area contributed by atoms with Crippen LogP contribution in [0, 0.1) is 0 Å². The van der Waals surface area contributed by atoms with Gasteiger partial charge in [0.25, 0.3) is 5.91 Å². The predicted octanol–water partition coefficient (Wildman–Crippen LogP) is 4.21. The second kappa shape index (κ2) is 12.6. The molecule has 11 nitrogen and oxygen atoms in total. The van der Waals surface area contributed by atoms with Gasteiger partial charge in [-0.1, -0.05) is 5.16 Å². The SMILES string of the molecule is COc1cc(C(=O)N(Cc2cc(-c3cc(OC)c(OC)c(OC)c3)on2)C[C@H]2CCCO2)cc(OC)c1OC. The molecular formula is C28H34N2O9. The lowest BCUT2D eigenvalue weighted by Gasteiger charge is -2.25. The van der Waals surface area contributed by atoms with E-state index in [0.29, 0.717) is 70.2 Å². The van der Waals surface area contributed by atoms with Crippen LogP contribution >= 0.6 is 0 Å². The molecule has 0 aliphatic carbocycles. The van der Waals surface area contributed by atoms with Crippen molar-refractivity contribution in [2.75, 3.05) is 55.8 Å². The summed E-state index contributed by atoms with van der Waals surface area (Å²) in [5.74, 6) is 2.90. The summed E-state index contributed by atoms with van der Waals surface area (Å²) >= 11 is 0. The lowest BCUT2D eigenvalue weighted by Crippen LogP contribution is -2.37. The third-order valence-corrected chi connectivity index (χ3v) is 6.51. The molecule has 3 aromatic rings. The van der Waals surface area contributed by atoms with Crippen LogP contribution in [-0.4, -0.2) is 77.9 Å². The molecule has 0 unspecified atom stereocenters. The van der Waals surface area contributed by atoms with Crippen molar-refractivity contribution < 1.29 is 42.5 Å². The first kappa shape index (κ1) is 27.9. The number of amides is 1. The van der Waals surface area contributed by atoms with E-state index in [9.17, 15) is 4.79 Å². The average Bonchev–Trinajstić information content (AvgIpc) is 3.67. The van der Waals surface area contributed by atoms with Crippen LogP contribution in [0.15, 0.2) is 34.9 Å². The van der Waals surface area contributed by atoms with Crippen LogP contribution in [0.3, 0.4) is 0 Å². The standard InChI is InChI=1S/C28H34N2O9/c1-32-22-10-17(11-23(33-2)26(22)36-5)21-14-19(29-39-21)15-30(16-20-8-7-9-38-20)28(31)18-12-24(34-3)27(37-6)25(13-18)35-4/h10-14,20H,7-9,15-16H2,1-6H3/t20-/m1/s1. The first-order valence-corrected chi connectivity index (χ1v) is 12.4. The van der Waals surface area contributed by atoms with Crippen LogP contribution in [0.4, 0.5) is 0 Å². The van der Waals surface area contributed by atoms with Crippen LogP contribution in [0.1, 0.15) is 28.9 Å². The van der Waals surface area contributed by atoms with Crippen molar-refractivity contribution in [3.8, 4) is 45.8 Å². The van der Waals surface area contributed by atoms with E-state index in [4.69, 9.17) is 37.7 Å². The van der Waals surface area contributed by atoms with Crippen LogP contribution in [0.5, 0.6) is 34.5 Å². The molecule has 11 heteroatoms. The third kappa shape index (κ3) is 5.98. The van der Waals surface area contributed by atoms with Gasteiger partial charge in [-0.2, -0.15) is 0 Å². The summed E-state index contributed by atoms with van der Waals surface area (Å²) < 4.78 is 44.1. The number of carbonyl (C=O) groups excluding carboxylic acids is 1. The highest BCUT2D eigenvalue weighted by Crippen LogP contribution is 2.41. The van der Waals surface area contributed by atoms with E-state index in [-0.39, 0.29) is 18.6 Å². The predicted molar refractivity (Wildman–Crippen MR) is 141 cm³/mol. The molecule has 0 radical (unpaired) electrons. The van der Waals surface area contributed by atoms with E-state index < -0.39 is 0 Å². The minimum absolute atomic E-state index is 0.0718. The molecule has 0 bridgehead atoms. The molecule has 1 aliphatic rings. The number of ether oxygens (including phenoxy) is 7.